The maximum atomic E-state index is 3.59. The van der Waals surface area contributed by atoms with Gasteiger partial charge in [-0.25, -0.2) is 0 Å². The summed E-state index contributed by atoms with van der Waals surface area (Å²) in [5.41, 5.74) is 0.262. The lowest BCUT2D eigenvalue weighted by molar-refractivity contribution is 0.0949. The third-order valence-corrected chi connectivity index (χ3v) is 4.70. The zero-order valence-corrected chi connectivity index (χ0v) is 14.1. The topological polar surface area (TPSA) is 18.5 Å². The number of hydrogen-bond donors (Lipinski definition) is 1. The van der Waals surface area contributed by atoms with Crippen molar-refractivity contribution in [1.29, 1.82) is 0 Å². The summed E-state index contributed by atoms with van der Waals surface area (Å²) in [7, 11) is 0. The van der Waals surface area contributed by atoms with Gasteiger partial charge in [-0.2, -0.15) is 0 Å². The summed E-state index contributed by atoms with van der Waals surface area (Å²) in [5.74, 6) is 1.04. The van der Waals surface area contributed by atoms with Crippen LogP contribution in [0.4, 0.5) is 0 Å². The summed E-state index contributed by atoms with van der Waals surface area (Å²) < 4.78 is 0. The maximum absolute atomic E-state index is 3.59. The normalized spacial score (nSPS) is 24.0. The largest absolute Gasteiger partial charge is 0.312 e. The fourth-order valence-electron chi connectivity index (χ4n) is 3.10. The molecule has 3 heteroatoms. The van der Waals surface area contributed by atoms with Crippen LogP contribution < -0.4 is 5.32 Å². The fraction of sp³-hybridized carbons (Fsp3) is 1.00. The number of rotatable bonds is 7. The molecule has 1 unspecified atom stereocenters. The molecule has 1 heterocycles. The first-order valence-corrected chi connectivity index (χ1v) is 8.65. The lowest BCUT2D eigenvalue weighted by atomic mass is 10.1. The van der Waals surface area contributed by atoms with Crippen molar-refractivity contribution >= 4 is 0 Å². The molecule has 2 rings (SSSR count). The standard InChI is InChI=1S/C17H35N3/c1-15(6-5-9-18-17(2,3)4)20-12-10-19(11-13-20)14-16-7-8-16/h15-16,18H,5-14H2,1-4H3. The van der Waals surface area contributed by atoms with Crippen molar-refractivity contribution in [3.8, 4) is 0 Å². The quantitative estimate of drug-likeness (QED) is 0.724. The molecule has 20 heavy (non-hydrogen) atoms. The van der Waals surface area contributed by atoms with Crippen molar-refractivity contribution < 1.29 is 0 Å². The van der Waals surface area contributed by atoms with E-state index in [2.05, 4.69) is 42.8 Å². The molecular weight excluding hydrogens is 246 g/mol. The van der Waals surface area contributed by atoms with Crippen LogP contribution in [0.3, 0.4) is 0 Å². The molecule has 1 aliphatic heterocycles. The summed E-state index contributed by atoms with van der Waals surface area (Å²) in [6, 6.07) is 0.750. The van der Waals surface area contributed by atoms with E-state index in [0.717, 1.165) is 18.5 Å². The highest BCUT2D eigenvalue weighted by atomic mass is 15.3. The van der Waals surface area contributed by atoms with Gasteiger partial charge >= 0.3 is 0 Å². The van der Waals surface area contributed by atoms with Gasteiger partial charge in [0.15, 0.2) is 0 Å². The smallest absolute Gasteiger partial charge is 0.0113 e. The first-order chi connectivity index (χ1) is 9.44. The molecule has 2 aliphatic rings. The number of nitrogens with zero attached hydrogens (tertiary/aromatic N) is 2. The van der Waals surface area contributed by atoms with Gasteiger partial charge in [0.05, 0.1) is 0 Å². The zero-order chi connectivity index (χ0) is 14.6. The minimum Gasteiger partial charge on any atom is -0.312 e. The van der Waals surface area contributed by atoms with Crippen molar-refractivity contribution in [3.05, 3.63) is 0 Å². The van der Waals surface area contributed by atoms with E-state index < -0.39 is 0 Å². The van der Waals surface area contributed by atoms with Crippen LogP contribution in [0.5, 0.6) is 0 Å². The van der Waals surface area contributed by atoms with Crippen molar-refractivity contribution in [2.75, 3.05) is 39.3 Å². The molecule has 0 aromatic rings. The summed E-state index contributed by atoms with van der Waals surface area (Å²) in [4.78, 5) is 5.38. The Morgan fingerprint density at radius 3 is 2.30 bits per heavy atom. The highest BCUT2D eigenvalue weighted by molar-refractivity contribution is 4.82. The van der Waals surface area contributed by atoms with E-state index in [1.165, 1.54) is 58.4 Å². The van der Waals surface area contributed by atoms with Gasteiger partial charge in [-0.05, 0) is 65.8 Å². The van der Waals surface area contributed by atoms with Crippen LogP contribution >= 0.6 is 0 Å². The Bertz CT molecular complexity index is 272. The van der Waals surface area contributed by atoms with E-state index in [1.54, 1.807) is 0 Å². The summed E-state index contributed by atoms with van der Waals surface area (Å²) in [6.45, 7) is 16.8. The zero-order valence-electron chi connectivity index (χ0n) is 14.1. The van der Waals surface area contributed by atoms with E-state index in [0.29, 0.717) is 0 Å². The molecule has 1 N–H and O–H groups in total. The number of nitrogens with one attached hydrogen (secondary N) is 1. The Morgan fingerprint density at radius 1 is 1.10 bits per heavy atom. The molecule has 0 amide bonds. The Kier molecular flexibility index (Phi) is 5.88. The van der Waals surface area contributed by atoms with Gasteiger partial charge in [0.1, 0.15) is 0 Å². The molecule has 1 saturated heterocycles. The molecule has 0 bridgehead atoms. The number of hydrogen-bond acceptors (Lipinski definition) is 3. The van der Waals surface area contributed by atoms with Crippen molar-refractivity contribution in [2.45, 2.75) is 65.0 Å². The van der Waals surface area contributed by atoms with Gasteiger partial charge in [0, 0.05) is 44.3 Å². The van der Waals surface area contributed by atoms with Gasteiger partial charge in [-0.3, -0.25) is 4.90 Å². The van der Waals surface area contributed by atoms with E-state index >= 15 is 0 Å². The van der Waals surface area contributed by atoms with Crippen LogP contribution in [0.2, 0.25) is 0 Å². The van der Waals surface area contributed by atoms with E-state index in [1.807, 2.05) is 0 Å². The molecule has 3 nitrogen and oxygen atoms in total. The van der Waals surface area contributed by atoms with Crippen LogP contribution in [-0.2, 0) is 0 Å². The van der Waals surface area contributed by atoms with Crippen LogP contribution in [0, 0.1) is 5.92 Å². The summed E-state index contributed by atoms with van der Waals surface area (Å²) in [6.07, 6.45) is 5.58. The van der Waals surface area contributed by atoms with Gasteiger partial charge in [-0.1, -0.05) is 0 Å². The van der Waals surface area contributed by atoms with Crippen LogP contribution in [-0.4, -0.2) is 60.6 Å². The molecule has 118 valence electrons. The molecule has 0 aromatic carbocycles. The summed E-state index contributed by atoms with van der Waals surface area (Å²) >= 11 is 0. The number of piperazine rings is 1. The predicted octanol–water partition coefficient (Wildman–Crippen LogP) is 2.57. The minimum absolute atomic E-state index is 0.262. The maximum Gasteiger partial charge on any atom is 0.0113 e. The Labute approximate surface area is 126 Å². The SMILES string of the molecule is CC(CCCNC(C)(C)C)N1CCN(CC2CC2)CC1. The summed E-state index contributed by atoms with van der Waals surface area (Å²) in [5, 5.41) is 3.59. The van der Waals surface area contributed by atoms with Gasteiger partial charge in [0.2, 0.25) is 0 Å². The van der Waals surface area contributed by atoms with E-state index in [-0.39, 0.29) is 5.54 Å². The van der Waals surface area contributed by atoms with Crippen LogP contribution in [0.15, 0.2) is 0 Å². The first-order valence-electron chi connectivity index (χ1n) is 8.65. The average Bonchev–Trinajstić information content (AvgIpc) is 3.18. The molecule has 1 aliphatic carbocycles. The Balaban J connectivity index is 1.55. The van der Waals surface area contributed by atoms with E-state index in [4.69, 9.17) is 0 Å². The lowest BCUT2D eigenvalue weighted by Crippen LogP contribution is -2.50. The third kappa shape index (κ3) is 6.11. The second-order valence-electron chi connectivity index (χ2n) is 7.95. The lowest BCUT2D eigenvalue weighted by Gasteiger charge is -2.38. The molecule has 1 saturated carbocycles. The Morgan fingerprint density at radius 2 is 1.75 bits per heavy atom. The Hall–Kier alpha value is -0.120. The van der Waals surface area contributed by atoms with Crippen molar-refractivity contribution in [1.82, 2.24) is 15.1 Å². The van der Waals surface area contributed by atoms with Gasteiger partial charge < -0.3 is 10.2 Å². The molecule has 1 atom stereocenters. The van der Waals surface area contributed by atoms with Crippen LogP contribution in [0.25, 0.3) is 0 Å². The average molecular weight is 281 g/mol. The minimum atomic E-state index is 0.262. The van der Waals surface area contributed by atoms with E-state index in [9.17, 15) is 0 Å². The van der Waals surface area contributed by atoms with Gasteiger partial charge in [-0.15, -0.1) is 0 Å². The van der Waals surface area contributed by atoms with Crippen molar-refractivity contribution in [2.24, 2.45) is 5.92 Å². The van der Waals surface area contributed by atoms with Crippen LogP contribution in [0.1, 0.15) is 53.4 Å². The molecular formula is C17H35N3. The highest BCUT2D eigenvalue weighted by Gasteiger charge is 2.27. The molecule has 0 radical (unpaired) electrons. The monoisotopic (exact) mass is 281 g/mol. The van der Waals surface area contributed by atoms with Crippen molar-refractivity contribution in [3.63, 3.8) is 0 Å². The molecule has 0 aromatic heterocycles. The molecule has 0 spiro atoms. The second-order valence-corrected chi connectivity index (χ2v) is 7.95. The first kappa shape index (κ1) is 16.3. The predicted molar refractivity (Wildman–Crippen MR) is 87.2 cm³/mol. The third-order valence-electron chi connectivity index (χ3n) is 4.70. The fourth-order valence-corrected chi connectivity index (χ4v) is 3.10. The second kappa shape index (κ2) is 7.24. The highest BCUT2D eigenvalue weighted by Crippen LogP contribution is 2.30. The molecule has 2 fully saturated rings. The van der Waals surface area contributed by atoms with Gasteiger partial charge in [0.25, 0.3) is 0 Å².